The number of benzene rings is 6. The molecule has 0 amide bonds. The van der Waals surface area contributed by atoms with Gasteiger partial charge < -0.3 is 14.7 Å². The minimum absolute atomic E-state index is 0.0138. The molecule has 1 aromatic heterocycles. The normalized spacial score (nSPS) is 25.7. The van der Waals surface area contributed by atoms with Gasteiger partial charge in [-0.3, -0.25) is 0 Å². The molecule has 2 atom stereocenters. The Morgan fingerprint density at radius 1 is 0.379 bits per heavy atom. The zero-order chi connectivity index (χ0) is 61.9. The lowest BCUT2D eigenvalue weighted by molar-refractivity contribution is 0.195. The van der Waals surface area contributed by atoms with Gasteiger partial charge in [-0.2, -0.15) is 0 Å². The molecule has 0 radical (unpaired) electrons. The third kappa shape index (κ3) is 8.03. The summed E-state index contributed by atoms with van der Waals surface area (Å²) in [6.07, 6.45) is 14.3. The van der Waals surface area contributed by atoms with E-state index >= 15 is 0 Å². The minimum Gasteiger partial charge on any atom is -0.334 e. The first-order chi connectivity index (χ1) is 40.4. The predicted octanol–water partition coefficient (Wildman–Crippen LogP) is 21.4. The van der Waals surface area contributed by atoms with Gasteiger partial charge in [0.25, 0.3) is 6.71 Å². The fraction of sp³-hybridized carbons (Fsp3) is 0.537. The SMILES string of the molecule is CC(C)(C)c1ccc2c(c1)C1(C)CCCCC1(C)N2c1cc2c3c(c1)N(c1ccc4c(c1)C(C)(C)CCC4(C)C)c1c(sc4cc5c(cc14)C(C)(C)CCC5(C)C)B3c1cc3c(cc1N2c1ccc2c(c1)C(C)(C)CCC2(C)C)C(C)(C)CCC3(C)C. The standard InChI is InChI=1S/C82H102BN3S/c1-72(2,3)49-24-29-64-62(40-49)81(20)30-22-23-31-82(81,21)86(64)52-43-66-69-67(44-52)85(51-26-28-55-57(42-51)76(10,11)35-33-74(55,6)7)70-53-45-58-61(80(18,19)39-36-77(58,12)13)48-68(53)87-71(70)83(69)63-46-59-60(79(16,17)38-37-78(59,14)15)47-65(63)84(66)50-25-27-54-56(41-50)75(8,9)34-32-73(54,4)5/h24-29,40-48H,22-23,30-39H2,1-21H3. The third-order valence-electron chi connectivity index (χ3n) is 26.0. The molecule has 1 saturated carbocycles. The maximum Gasteiger partial charge on any atom is 0.264 e. The number of anilines is 8. The quantitative estimate of drug-likeness (QED) is 0.163. The summed E-state index contributed by atoms with van der Waals surface area (Å²) in [5.74, 6) is 0. The molecule has 87 heavy (non-hydrogen) atoms. The molecule has 0 saturated heterocycles. The summed E-state index contributed by atoms with van der Waals surface area (Å²) in [4.78, 5) is 8.63. The van der Waals surface area contributed by atoms with Crippen molar-refractivity contribution in [2.45, 2.75) is 282 Å². The average molecular weight is 1170 g/mol. The number of hydrogen-bond donors (Lipinski definition) is 0. The van der Waals surface area contributed by atoms with E-state index in [2.05, 4.69) is 262 Å². The second-order valence-corrected chi connectivity index (χ2v) is 37.4. The van der Waals surface area contributed by atoms with Crippen molar-refractivity contribution in [1.82, 2.24) is 0 Å². The first-order valence-corrected chi connectivity index (χ1v) is 35.1. The van der Waals surface area contributed by atoms with E-state index < -0.39 is 0 Å². The molecule has 6 aromatic carbocycles. The minimum atomic E-state index is -0.156. The summed E-state index contributed by atoms with van der Waals surface area (Å²) in [6.45, 7) is 52.9. The van der Waals surface area contributed by atoms with Crippen LogP contribution in [0.4, 0.5) is 45.5 Å². The van der Waals surface area contributed by atoms with E-state index in [0.29, 0.717) is 0 Å². The average Bonchev–Trinajstić information content (AvgIpc) is 1.66. The van der Waals surface area contributed by atoms with Gasteiger partial charge in [0, 0.05) is 60.1 Å². The molecule has 7 aromatic rings. The van der Waals surface area contributed by atoms with Gasteiger partial charge >= 0.3 is 0 Å². The summed E-state index contributed by atoms with van der Waals surface area (Å²) >= 11 is 2.12. The van der Waals surface area contributed by atoms with Gasteiger partial charge in [0.05, 0.1) is 11.2 Å². The molecule has 454 valence electrons. The first-order valence-electron chi connectivity index (χ1n) is 34.3. The van der Waals surface area contributed by atoms with Crippen molar-refractivity contribution in [3.63, 3.8) is 0 Å². The fourth-order valence-electron chi connectivity index (χ4n) is 19.3. The lowest BCUT2D eigenvalue weighted by Gasteiger charge is -2.51. The van der Waals surface area contributed by atoms with Crippen molar-refractivity contribution in [2.75, 3.05) is 14.7 Å². The van der Waals surface area contributed by atoms with E-state index in [4.69, 9.17) is 0 Å². The number of nitrogens with zero attached hydrogens (tertiary/aromatic N) is 3. The molecular formula is C82H102BN3S. The van der Waals surface area contributed by atoms with Gasteiger partial charge in [-0.25, -0.2) is 0 Å². The van der Waals surface area contributed by atoms with Gasteiger partial charge in [0.1, 0.15) is 0 Å². The van der Waals surface area contributed by atoms with Crippen LogP contribution in [0.2, 0.25) is 0 Å². The summed E-state index contributed by atoms with van der Waals surface area (Å²) in [6, 6.07) is 39.8. The summed E-state index contributed by atoms with van der Waals surface area (Å²) < 4.78 is 2.93. The largest absolute Gasteiger partial charge is 0.334 e. The molecule has 3 aliphatic heterocycles. The second kappa shape index (κ2) is 17.8. The molecule has 2 unspecified atom stereocenters. The highest BCUT2D eigenvalue weighted by molar-refractivity contribution is 7.33. The molecule has 3 nitrogen and oxygen atoms in total. The molecular weight excluding hydrogens is 1070 g/mol. The van der Waals surface area contributed by atoms with Crippen LogP contribution >= 0.6 is 11.3 Å². The van der Waals surface area contributed by atoms with Crippen molar-refractivity contribution in [3.05, 3.63) is 147 Å². The Balaban J connectivity index is 1.12. The summed E-state index contributed by atoms with van der Waals surface area (Å²) in [5.41, 5.74) is 29.2. The lowest BCUT2D eigenvalue weighted by atomic mass is 9.35. The highest BCUT2D eigenvalue weighted by Crippen LogP contribution is 2.64. The smallest absolute Gasteiger partial charge is 0.264 e. The van der Waals surface area contributed by atoms with Crippen molar-refractivity contribution < 1.29 is 0 Å². The van der Waals surface area contributed by atoms with E-state index in [1.807, 2.05) is 0 Å². The van der Waals surface area contributed by atoms with Crippen LogP contribution in [0.25, 0.3) is 10.1 Å². The van der Waals surface area contributed by atoms with Crippen molar-refractivity contribution in [2.24, 2.45) is 0 Å². The van der Waals surface area contributed by atoms with E-state index in [1.54, 1.807) is 16.7 Å². The van der Waals surface area contributed by atoms with Gasteiger partial charge in [-0.15, -0.1) is 11.3 Å². The maximum absolute atomic E-state index is 2.92. The zero-order valence-corrected chi connectivity index (χ0v) is 58.3. The van der Waals surface area contributed by atoms with Gasteiger partial charge in [0.2, 0.25) is 0 Å². The van der Waals surface area contributed by atoms with Crippen molar-refractivity contribution in [3.8, 4) is 0 Å². The monoisotopic (exact) mass is 1170 g/mol. The van der Waals surface area contributed by atoms with Crippen LogP contribution in [0.3, 0.4) is 0 Å². The van der Waals surface area contributed by atoms with Crippen molar-refractivity contribution >= 4 is 89.3 Å². The molecule has 0 spiro atoms. The van der Waals surface area contributed by atoms with Crippen LogP contribution in [0.5, 0.6) is 0 Å². The van der Waals surface area contributed by atoms with Gasteiger partial charge in [0.15, 0.2) is 0 Å². The Hall–Kier alpha value is -5.26. The molecule has 1 fully saturated rings. The summed E-state index contributed by atoms with van der Waals surface area (Å²) in [7, 11) is 0. The molecule has 5 heteroatoms. The Morgan fingerprint density at radius 3 is 1.36 bits per heavy atom. The van der Waals surface area contributed by atoms with Crippen LogP contribution in [0.15, 0.2) is 91.0 Å². The summed E-state index contributed by atoms with van der Waals surface area (Å²) in [5, 5.41) is 1.42. The number of fused-ring (bicyclic) bond motifs is 13. The molecule has 0 N–H and O–H groups in total. The topological polar surface area (TPSA) is 9.72 Å². The highest BCUT2D eigenvalue weighted by Gasteiger charge is 2.59. The first kappa shape index (κ1) is 58.1. The Morgan fingerprint density at radius 2 is 0.828 bits per heavy atom. The second-order valence-electron chi connectivity index (χ2n) is 36.3. The maximum atomic E-state index is 2.92. The molecule has 5 aliphatic carbocycles. The number of hydrogen-bond acceptors (Lipinski definition) is 4. The third-order valence-corrected chi connectivity index (χ3v) is 27.2. The molecule has 0 bridgehead atoms. The number of thiophene rings is 1. The Labute approximate surface area is 529 Å². The van der Waals surface area contributed by atoms with E-state index in [0.717, 1.165) is 6.42 Å². The number of rotatable bonds is 3. The van der Waals surface area contributed by atoms with E-state index in [9.17, 15) is 0 Å². The van der Waals surface area contributed by atoms with Crippen LogP contribution < -0.4 is 30.4 Å². The van der Waals surface area contributed by atoms with Gasteiger partial charge in [-0.1, -0.05) is 182 Å². The molecule has 4 heterocycles. The van der Waals surface area contributed by atoms with E-state index in [-0.39, 0.29) is 66.4 Å². The van der Waals surface area contributed by atoms with Crippen LogP contribution in [-0.2, 0) is 54.1 Å². The van der Waals surface area contributed by atoms with Crippen molar-refractivity contribution in [1.29, 1.82) is 0 Å². The van der Waals surface area contributed by atoms with Crippen LogP contribution in [0.1, 0.15) is 278 Å². The predicted molar refractivity (Wildman–Crippen MR) is 378 cm³/mol. The van der Waals surface area contributed by atoms with Gasteiger partial charge in [-0.05, 0) is 247 Å². The molecule has 15 rings (SSSR count). The molecule has 8 aliphatic rings. The Bertz CT molecular complexity index is 4130. The van der Waals surface area contributed by atoms with Crippen LogP contribution in [-0.4, -0.2) is 12.3 Å². The highest BCUT2D eigenvalue weighted by atomic mass is 32.1. The van der Waals surface area contributed by atoms with E-state index in [1.165, 1.54) is 181 Å². The fourth-order valence-corrected chi connectivity index (χ4v) is 20.6. The van der Waals surface area contributed by atoms with Crippen LogP contribution in [0, 0.1) is 0 Å². The zero-order valence-electron chi connectivity index (χ0n) is 57.5. The Kier molecular flexibility index (Phi) is 11.9. The lowest BCUT2D eigenvalue weighted by Crippen LogP contribution is -2.61.